The molecule has 0 aromatic heterocycles. The molecule has 4 N–H and O–H groups in total. The maximum Gasteiger partial charge on any atom is 0.134 e. The van der Waals surface area contributed by atoms with E-state index >= 15 is 0 Å². The van der Waals surface area contributed by atoms with E-state index in [1.807, 2.05) is 6.92 Å². The average Bonchev–Trinajstić information content (AvgIpc) is 2.20. The highest BCUT2D eigenvalue weighted by Crippen LogP contribution is 2.27. The topological polar surface area (TPSA) is 66.5 Å². The van der Waals surface area contributed by atoms with Crippen LogP contribution in [-0.4, -0.2) is 16.3 Å². The van der Waals surface area contributed by atoms with Crippen LogP contribution < -0.4 is 5.73 Å². The number of hydrogen-bond acceptors (Lipinski definition) is 3. The molecule has 0 spiro atoms. The number of benzene rings is 1. The van der Waals surface area contributed by atoms with Crippen molar-refractivity contribution in [2.45, 2.75) is 25.5 Å². The van der Waals surface area contributed by atoms with Crippen molar-refractivity contribution >= 4 is 11.6 Å². The van der Waals surface area contributed by atoms with Crippen LogP contribution in [0.2, 0.25) is 5.02 Å². The van der Waals surface area contributed by atoms with Crippen molar-refractivity contribution in [1.29, 1.82) is 0 Å². The minimum Gasteiger partial charge on any atom is -0.506 e. The van der Waals surface area contributed by atoms with Crippen molar-refractivity contribution in [2.75, 3.05) is 0 Å². The summed E-state index contributed by atoms with van der Waals surface area (Å²) in [5, 5.41) is 19.3. The molecule has 78 valence electrons. The van der Waals surface area contributed by atoms with Gasteiger partial charge in [-0.3, -0.25) is 0 Å². The van der Waals surface area contributed by atoms with Crippen molar-refractivity contribution in [3.05, 3.63) is 28.8 Å². The first-order valence-electron chi connectivity index (χ1n) is 4.48. The van der Waals surface area contributed by atoms with Crippen LogP contribution in [0.5, 0.6) is 5.75 Å². The molecule has 0 fully saturated rings. The minimum atomic E-state index is -0.761. The standard InChI is InChI=1S/C10H14ClNO2/c1-2-8(12)10(14)6-3-4-7(11)9(13)5-6/h3-5,8,10,13-14H,2,12H2,1H3/t8-,10-/m1/s1. The SMILES string of the molecule is CC[C@@H](N)[C@H](O)c1ccc(Cl)c(O)c1. The number of aliphatic hydroxyl groups excluding tert-OH is 1. The zero-order chi connectivity index (χ0) is 10.7. The van der Waals surface area contributed by atoms with Crippen molar-refractivity contribution < 1.29 is 10.2 Å². The van der Waals surface area contributed by atoms with Gasteiger partial charge in [0.15, 0.2) is 0 Å². The maximum atomic E-state index is 9.73. The Hall–Kier alpha value is -0.770. The van der Waals surface area contributed by atoms with E-state index in [0.717, 1.165) is 0 Å². The van der Waals surface area contributed by atoms with E-state index in [1.165, 1.54) is 12.1 Å². The van der Waals surface area contributed by atoms with Crippen molar-refractivity contribution in [3.8, 4) is 5.75 Å². The predicted octanol–water partition coefficient (Wildman–Crippen LogP) is 1.82. The fraction of sp³-hybridized carbons (Fsp3) is 0.400. The minimum absolute atomic E-state index is 0.0356. The van der Waals surface area contributed by atoms with E-state index in [2.05, 4.69) is 0 Å². The number of phenols is 1. The van der Waals surface area contributed by atoms with Crippen LogP contribution in [0.15, 0.2) is 18.2 Å². The summed E-state index contributed by atoms with van der Waals surface area (Å²) < 4.78 is 0. The Morgan fingerprint density at radius 1 is 1.50 bits per heavy atom. The van der Waals surface area contributed by atoms with Gasteiger partial charge in [0, 0.05) is 6.04 Å². The second-order valence-corrected chi connectivity index (χ2v) is 3.63. The lowest BCUT2D eigenvalue weighted by molar-refractivity contribution is 0.144. The molecule has 2 atom stereocenters. The lowest BCUT2D eigenvalue weighted by atomic mass is 10.0. The Bertz CT molecular complexity index is 317. The molecular formula is C10H14ClNO2. The fourth-order valence-electron chi connectivity index (χ4n) is 1.18. The number of halogens is 1. The Morgan fingerprint density at radius 2 is 2.14 bits per heavy atom. The normalized spacial score (nSPS) is 15.1. The van der Waals surface area contributed by atoms with Crippen LogP contribution >= 0.6 is 11.6 Å². The largest absolute Gasteiger partial charge is 0.506 e. The molecule has 14 heavy (non-hydrogen) atoms. The molecule has 1 aromatic carbocycles. The van der Waals surface area contributed by atoms with Gasteiger partial charge in [-0.15, -0.1) is 0 Å². The summed E-state index contributed by atoms with van der Waals surface area (Å²) >= 11 is 5.64. The maximum absolute atomic E-state index is 9.73. The summed E-state index contributed by atoms with van der Waals surface area (Å²) in [5.41, 5.74) is 6.26. The van der Waals surface area contributed by atoms with Gasteiger partial charge in [-0.1, -0.05) is 24.6 Å². The summed E-state index contributed by atoms with van der Waals surface area (Å²) in [6, 6.07) is 4.30. The summed E-state index contributed by atoms with van der Waals surface area (Å²) in [7, 11) is 0. The van der Waals surface area contributed by atoms with E-state index < -0.39 is 6.10 Å². The van der Waals surface area contributed by atoms with Gasteiger partial charge in [0.05, 0.1) is 11.1 Å². The number of rotatable bonds is 3. The molecule has 0 aliphatic carbocycles. The molecule has 0 saturated heterocycles. The van der Waals surface area contributed by atoms with Gasteiger partial charge >= 0.3 is 0 Å². The molecule has 0 heterocycles. The van der Waals surface area contributed by atoms with Crippen molar-refractivity contribution in [3.63, 3.8) is 0 Å². The second-order valence-electron chi connectivity index (χ2n) is 3.23. The van der Waals surface area contributed by atoms with E-state index in [0.29, 0.717) is 12.0 Å². The van der Waals surface area contributed by atoms with Crippen LogP contribution in [0.1, 0.15) is 25.0 Å². The van der Waals surface area contributed by atoms with Crippen molar-refractivity contribution in [2.24, 2.45) is 5.73 Å². The predicted molar refractivity (Wildman–Crippen MR) is 56.3 cm³/mol. The lowest BCUT2D eigenvalue weighted by Crippen LogP contribution is -2.27. The molecule has 0 unspecified atom stereocenters. The van der Waals surface area contributed by atoms with Gasteiger partial charge in [-0.05, 0) is 24.1 Å². The van der Waals surface area contributed by atoms with Crippen LogP contribution in [0, 0.1) is 0 Å². The molecule has 0 bridgehead atoms. The quantitative estimate of drug-likeness (QED) is 0.721. The number of nitrogens with two attached hydrogens (primary N) is 1. The molecule has 1 aromatic rings. The third-order valence-corrected chi connectivity index (χ3v) is 2.51. The average molecular weight is 216 g/mol. The van der Waals surface area contributed by atoms with Gasteiger partial charge in [0.2, 0.25) is 0 Å². The van der Waals surface area contributed by atoms with Crippen LogP contribution in [-0.2, 0) is 0 Å². The molecule has 4 heteroatoms. The number of aliphatic hydroxyl groups is 1. The number of phenolic OH excluding ortho intramolecular Hbond substituents is 1. The molecular weight excluding hydrogens is 202 g/mol. The third-order valence-electron chi connectivity index (χ3n) is 2.19. The van der Waals surface area contributed by atoms with Crippen LogP contribution in [0.3, 0.4) is 0 Å². The summed E-state index contributed by atoms with van der Waals surface area (Å²) in [4.78, 5) is 0. The summed E-state index contributed by atoms with van der Waals surface area (Å²) in [6.45, 7) is 1.89. The highest BCUT2D eigenvalue weighted by atomic mass is 35.5. The first-order chi connectivity index (χ1) is 6.56. The van der Waals surface area contributed by atoms with Crippen LogP contribution in [0.4, 0.5) is 0 Å². The first-order valence-corrected chi connectivity index (χ1v) is 4.86. The highest BCUT2D eigenvalue weighted by Gasteiger charge is 2.15. The Morgan fingerprint density at radius 3 is 2.64 bits per heavy atom. The monoisotopic (exact) mass is 215 g/mol. The molecule has 0 aliphatic heterocycles. The zero-order valence-electron chi connectivity index (χ0n) is 7.94. The van der Waals surface area contributed by atoms with E-state index in [4.69, 9.17) is 17.3 Å². The molecule has 0 radical (unpaired) electrons. The summed E-state index contributed by atoms with van der Waals surface area (Å²) in [5.74, 6) is -0.0356. The molecule has 0 amide bonds. The smallest absolute Gasteiger partial charge is 0.134 e. The lowest BCUT2D eigenvalue weighted by Gasteiger charge is -2.17. The van der Waals surface area contributed by atoms with Gasteiger partial charge in [0.1, 0.15) is 5.75 Å². The molecule has 0 aliphatic rings. The van der Waals surface area contributed by atoms with Gasteiger partial charge in [0.25, 0.3) is 0 Å². The van der Waals surface area contributed by atoms with Gasteiger partial charge in [-0.25, -0.2) is 0 Å². The number of hydrogen-bond donors (Lipinski definition) is 3. The van der Waals surface area contributed by atoms with Crippen LogP contribution in [0.25, 0.3) is 0 Å². The molecule has 3 nitrogen and oxygen atoms in total. The molecule has 0 saturated carbocycles. The Labute approximate surface area is 88.1 Å². The van der Waals surface area contributed by atoms with Gasteiger partial charge in [-0.2, -0.15) is 0 Å². The van der Waals surface area contributed by atoms with E-state index in [9.17, 15) is 10.2 Å². The molecule has 1 rings (SSSR count). The Kier molecular flexibility index (Phi) is 3.75. The zero-order valence-corrected chi connectivity index (χ0v) is 8.70. The van der Waals surface area contributed by atoms with E-state index in [1.54, 1.807) is 6.07 Å². The second kappa shape index (κ2) is 4.64. The number of aromatic hydroxyl groups is 1. The first kappa shape index (κ1) is 11.3. The van der Waals surface area contributed by atoms with E-state index in [-0.39, 0.29) is 16.8 Å². The fourth-order valence-corrected chi connectivity index (χ4v) is 1.30. The third kappa shape index (κ3) is 2.38. The van der Waals surface area contributed by atoms with Gasteiger partial charge < -0.3 is 15.9 Å². The van der Waals surface area contributed by atoms with Crippen molar-refractivity contribution in [1.82, 2.24) is 0 Å². The Balaban J connectivity index is 2.91. The highest BCUT2D eigenvalue weighted by molar-refractivity contribution is 6.32. The summed E-state index contributed by atoms with van der Waals surface area (Å²) in [6.07, 6.45) is -0.0898.